The van der Waals surface area contributed by atoms with E-state index < -0.39 is 11.9 Å². The first kappa shape index (κ1) is 24.3. The van der Waals surface area contributed by atoms with Crippen LogP contribution in [0.4, 0.5) is 15.0 Å². The van der Waals surface area contributed by atoms with Crippen molar-refractivity contribution in [2.75, 3.05) is 32.0 Å². The summed E-state index contributed by atoms with van der Waals surface area (Å²) in [5.41, 5.74) is 8.78. The summed E-state index contributed by atoms with van der Waals surface area (Å²) in [7, 11) is 0. The molecule has 2 amide bonds. The number of carbonyl (C=O) groups is 1. The summed E-state index contributed by atoms with van der Waals surface area (Å²) in [4.78, 5) is 21.1. The molecule has 3 aliphatic rings. The molecule has 2 bridgehead atoms. The Hall–Kier alpha value is -3.01. The smallest absolute Gasteiger partial charge is 0.320 e. The lowest BCUT2D eigenvalue weighted by atomic mass is 9.99. The molecule has 6 rings (SSSR count). The maximum atomic E-state index is 14.1. The summed E-state index contributed by atoms with van der Waals surface area (Å²) in [5, 5.41) is 0.894. The predicted octanol–water partition coefficient (Wildman–Crippen LogP) is 5.68. The Morgan fingerprint density at radius 3 is 2.89 bits per heavy atom. The van der Waals surface area contributed by atoms with E-state index in [1.54, 1.807) is 19.4 Å². The van der Waals surface area contributed by atoms with Crippen molar-refractivity contribution in [3.05, 3.63) is 57.7 Å². The molecule has 3 aromatic rings. The minimum atomic E-state index is -0.723. The molecule has 0 aliphatic carbocycles. The minimum Gasteiger partial charge on any atom is -0.478 e. The molecule has 3 atom stereocenters. The maximum absolute atomic E-state index is 14.1. The standard InChI is InChI=1S/C26H25Cl2FN4O4/c1-13(21-19(27)2-3-20(29)22(21)28)37-24-23-17(9-31-25(24)30)18(12-36-23)14-4-6-32(7-5-14)26(34)33-10-16-8-15(33)11-35-16/h2-4,9,12-13,15-16H,5-8,10-11H2,1H3,(H2,30,31)/t13-,15?,16?/m1/s1. The zero-order valence-corrected chi connectivity index (χ0v) is 21.6. The number of aromatic nitrogens is 1. The molecule has 0 spiro atoms. The number of pyridine rings is 1. The Morgan fingerprint density at radius 1 is 1.35 bits per heavy atom. The number of halogens is 3. The van der Waals surface area contributed by atoms with Crippen LogP contribution in [-0.2, 0) is 4.74 Å². The Morgan fingerprint density at radius 2 is 2.19 bits per heavy atom. The van der Waals surface area contributed by atoms with Gasteiger partial charge in [0.05, 0.1) is 35.4 Å². The van der Waals surface area contributed by atoms with Crippen LogP contribution in [0.3, 0.4) is 0 Å². The monoisotopic (exact) mass is 546 g/mol. The topological polar surface area (TPSA) is 94.1 Å². The number of ether oxygens (including phenoxy) is 2. The van der Waals surface area contributed by atoms with E-state index in [1.165, 1.54) is 12.1 Å². The van der Waals surface area contributed by atoms with Gasteiger partial charge < -0.3 is 29.4 Å². The lowest BCUT2D eigenvalue weighted by Crippen LogP contribution is -2.49. The van der Waals surface area contributed by atoms with Crippen LogP contribution in [0.25, 0.3) is 16.5 Å². The number of amides is 2. The number of benzene rings is 1. The number of nitrogen functional groups attached to an aromatic ring is 1. The number of fused-ring (bicyclic) bond motifs is 3. The fraction of sp³-hybridized carbons (Fsp3) is 0.385. The van der Waals surface area contributed by atoms with Crippen molar-refractivity contribution in [3.63, 3.8) is 0 Å². The second kappa shape index (κ2) is 9.38. The fourth-order valence-corrected chi connectivity index (χ4v) is 6.07. The number of morpholine rings is 1. The van der Waals surface area contributed by atoms with Gasteiger partial charge in [-0.3, -0.25) is 0 Å². The first-order chi connectivity index (χ1) is 17.8. The molecule has 8 nitrogen and oxygen atoms in total. The van der Waals surface area contributed by atoms with E-state index in [1.807, 2.05) is 15.9 Å². The van der Waals surface area contributed by atoms with Crippen LogP contribution < -0.4 is 10.5 Å². The number of furan rings is 1. The quantitative estimate of drug-likeness (QED) is 0.423. The number of hydrogen-bond donors (Lipinski definition) is 1. The summed E-state index contributed by atoms with van der Waals surface area (Å²) in [6.07, 6.45) is 6.38. The van der Waals surface area contributed by atoms with Crippen molar-refractivity contribution in [3.8, 4) is 5.75 Å². The number of hydrogen-bond acceptors (Lipinski definition) is 6. The Kier molecular flexibility index (Phi) is 6.17. The highest BCUT2D eigenvalue weighted by molar-refractivity contribution is 6.36. The molecule has 2 N–H and O–H groups in total. The van der Waals surface area contributed by atoms with Crippen LogP contribution in [0.5, 0.6) is 5.75 Å². The third kappa shape index (κ3) is 4.19. The second-order valence-corrected chi connectivity index (χ2v) is 10.4. The van der Waals surface area contributed by atoms with Gasteiger partial charge in [0.1, 0.15) is 11.9 Å². The highest BCUT2D eigenvalue weighted by atomic mass is 35.5. The van der Waals surface area contributed by atoms with Gasteiger partial charge in [-0.15, -0.1) is 0 Å². The highest BCUT2D eigenvalue weighted by Gasteiger charge is 2.43. The minimum absolute atomic E-state index is 0.0666. The molecular formula is C26H25Cl2FN4O4. The third-order valence-electron chi connectivity index (χ3n) is 7.35. The average Bonchev–Trinajstić information content (AvgIpc) is 3.64. The summed E-state index contributed by atoms with van der Waals surface area (Å²) < 4.78 is 31.7. The van der Waals surface area contributed by atoms with Gasteiger partial charge in [0, 0.05) is 42.0 Å². The first-order valence-electron chi connectivity index (χ1n) is 12.1. The first-order valence-corrected chi connectivity index (χ1v) is 12.9. The Bertz CT molecular complexity index is 1430. The van der Waals surface area contributed by atoms with Crippen molar-refractivity contribution >= 4 is 51.6 Å². The van der Waals surface area contributed by atoms with Crippen LogP contribution in [0.15, 0.2) is 35.1 Å². The lowest BCUT2D eigenvalue weighted by molar-refractivity contribution is 0.0370. The van der Waals surface area contributed by atoms with Crippen molar-refractivity contribution in [1.82, 2.24) is 14.8 Å². The third-order valence-corrected chi connectivity index (χ3v) is 8.07. The summed E-state index contributed by atoms with van der Waals surface area (Å²) in [6.45, 7) is 4.11. The molecule has 0 saturated carbocycles. The fourth-order valence-electron chi connectivity index (χ4n) is 5.40. The molecule has 2 saturated heterocycles. The molecule has 2 unspecified atom stereocenters. The van der Waals surface area contributed by atoms with Gasteiger partial charge in [0.15, 0.2) is 11.4 Å². The van der Waals surface area contributed by atoms with E-state index in [0.717, 1.165) is 22.9 Å². The number of rotatable bonds is 4. The van der Waals surface area contributed by atoms with Crippen LogP contribution in [-0.4, -0.2) is 59.2 Å². The van der Waals surface area contributed by atoms with E-state index in [2.05, 4.69) is 4.98 Å². The van der Waals surface area contributed by atoms with Crippen LogP contribution in [0.2, 0.25) is 10.0 Å². The van der Waals surface area contributed by atoms with Gasteiger partial charge in [0.2, 0.25) is 5.75 Å². The van der Waals surface area contributed by atoms with E-state index in [9.17, 15) is 9.18 Å². The SMILES string of the molecule is C[C@@H](Oc1c(N)ncc2c(C3=CCN(C(=O)N4CC5CC4CO5)CC3)coc12)c1c(Cl)ccc(F)c1Cl. The van der Waals surface area contributed by atoms with Crippen molar-refractivity contribution in [1.29, 1.82) is 0 Å². The summed E-state index contributed by atoms with van der Waals surface area (Å²) >= 11 is 12.4. The summed E-state index contributed by atoms with van der Waals surface area (Å²) in [6, 6.07) is 2.88. The number of urea groups is 1. The molecule has 5 heterocycles. The molecule has 37 heavy (non-hydrogen) atoms. The molecule has 11 heteroatoms. The number of carbonyl (C=O) groups excluding carboxylic acids is 1. The van der Waals surface area contributed by atoms with E-state index in [0.29, 0.717) is 43.8 Å². The van der Waals surface area contributed by atoms with E-state index in [4.69, 9.17) is 42.8 Å². The van der Waals surface area contributed by atoms with Gasteiger partial charge in [-0.2, -0.15) is 0 Å². The van der Waals surface area contributed by atoms with Crippen molar-refractivity contribution in [2.24, 2.45) is 0 Å². The van der Waals surface area contributed by atoms with Gasteiger partial charge in [-0.1, -0.05) is 29.3 Å². The zero-order valence-electron chi connectivity index (χ0n) is 20.0. The number of likely N-dealkylation sites (tertiary alicyclic amines) is 1. The number of nitrogens with two attached hydrogens (primary N) is 1. The summed E-state index contributed by atoms with van der Waals surface area (Å²) in [5.74, 6) is -0.238. The molecule has 3 aliphatic heterocycles. The predicted molar refractivity (Wildman–Crippen MR) is 138 cm³/mol. The van der Waals surface area contributed by atoms with Gasteiger partial charge in [0.25, 0.3) is 0 Å². The maximum Gasteiger partial charge on any atom is 0.320 e. The van der Waals surface area contributed by atoms with Crippen LogP contribution in [0, 0.1) is 5.82 Å². The Labute approximate surface area is 222 Å². The molecular weight excluding hydrogens is 522 g/mol. The molecule has 194 valence electrons. The van der Waals surface area contributed by atoms with E-state index >= 15 is 0 Å². The molecule has 2 aromatic heterocycles. The Balaban J connectivity index is 1.24. The molecule has 1 aromatic carbocycles. The van der Waals surface area contributed by atoms with Crippen molar-refractivity contribution in [2.45, 2.75) is 38.0 Å². The van der Waals surface area contributed by atoms with Gasteiger partial charge in [-0.25, -0.2) is 14.2 Å². The van der Waals surface area contributed by atoms with Crippen LogP contribution in [0.1, 0.15) is 37.0 Å². The normalized spacial score (nSPS) is 22.0. The molecule has 2 fully saturated rings. The van der Waals surface area contributed by atoms with Gasteiger partial charge in [-0.05, 0) is 37.5 Å². The van der Waals surface area contributed by atoms with Crippen LogP contribution >= 0.6 is 23.2 Å². The largest absolute Gasteiger partial charge is 0.478 e. The molecule has 0 radical (unpaired) electrons. The highest BCUT2D eigenvalue weighted by Crippen LogP contribution is 2.41. The number of nitrogens with zero attached hydrogens (tertiary/aromatic N) is 3. The average molecular weight is 547 g/mol. The number of anilines is 1. The lowest BCUT2D eigenvalue weighted by Gasteiger charge is -2.34. The van der Waals surface area contributed by atoms with E-state index in [-0.39, 0.29) is 39.8 Å². The van der Waals surface area contributed by atoms with Crippen molar-refractivity contribution < 1.29 is 23.1 Å². The van der Waals surface area contributed by atoms with Gasteiger partial charge >= 0.3 is 6.03 Å². The zero-order chi connectivity index (χ0) is 25.8. The second-order valence-electron chi connectivity index (χ2n) is 9.59.